The fourth-order valence-electron chi connectivity index (χ4n) is 3.36. The molecular weight excluding hydrogens is 520 g/mol. The molecule has 34 heavy (non-hydrogen) atoms. The topological polar surface area (TPSA) is 78.5 Å². The van der Waals surface area contributed by atoms with Gasteiger partial charge < -0.3 is 10.6 Å². The van der Waals surface area contributed by atoms with E-state index in [-0.39, 0.29) is 32.4 Å². The highest BCUT2D eigenvalue weighted by Gasteiger charge is 2.39. The Balaban J connectivity index is 1.56. The first kappa shape index (κ1) is 24.1. The lowest BCUT2D eigenvalue weighted by atomic mass is 10.1. The van der Waals surface area contributed by atoms with Crippen LogP contribution in [0.15, 0.2) is 71.4 Å². The number of nitrogens with one attached hydrogen (secondary N) is 2. The van der Waals surface area contributed by atoms with E-state index in [1.165, 1.54) is 24.3 Å². The first-order valence-corrected chi connectivity index (χ1v) is 11.3. The molecular formula is C24H15Cl4N3O3. The Morgan fingerprint density at radius 2 is 1.53 bits per heavy atom. The van der Waals surface area contributed by atoms with Crippen LogP contribution in [0.5, 0.6) is 0 Å². The third-order valence-electron chi connectivity index (χ3n) is 4.96. The molecule has 1 aliphatic rings. The Hall–Kier alpha value is -3.03. The van der Waals surface area contributed by atoms with Gasteiger partial charge in [0.25, 0.3) is 17.7 Å². The van der Waals surface area contributed by atoms with Gasteiger partial charge in [0, 0.05) is 32.0 Å². The number of anilines is 3. The molecule has 172 valence electrons. The van der Waals surface area contributed by atoms with Crippen LogP contribution in [0.1, 0.15) is 15.9 Å². The Bertz CT molecular complexity index is 1370. The molecule has 1 aliphatic heterocycles. The fourth-order valence-corrected chi connectivity index (χ4v) is 4.31. The summed E-state index contributed by atoms with van der Waals surface area (Å²) in [5.41, 5.74) is 2.20. The number of rotatable bonds is 5. The van der Waals surface area contributed by atoms with Crippen LogP contribution in [0.2, 0.25) is 15.1 Å². The van der Waals surface area contributed by atoms with Gasteiger partial charge in [-0.15, -0.1) is 0 Å². The van der Waals surface area contributed by atoms with Crippen LogP contribution in [0.4, 0.5) is 17.1 Å². The molecule has 6 nitrogen and oxygen atoms in total. The van der Waals surface area contributed by atoms with Crippen molar-refractivity contribution in [1.82, 2.24) is 0 Å². The first-order chi connectivity index (χ1) is 16.1. The molecule has 3 aromatic carbocycles. The molecule has 3 aromatic rings. The lowest BCUT2D eigenvalue weighted by Crippen LogP contribution is -2.32. The highest BCUT2D eigenvalue weighted by molar-refractivity contribution is 6.53. The zero-order valence-corrected chi connectivity index (χ0v) is 20.5. The average molecular weight is 535 g/mol. The molecule has 3 amide bonds. The predicted octanol–water partition coefficient (Wildman–Crippen LogP) is 6.64. The molecule has 0 saturated carbocycles. The number of hydrogen-bond donors (Lipinski definition) is 2. The SMILES string of the molecule is Cc1cc(Cl)ccc1NC(=O)c1cccc(NC2=C(Cl)C(=O)N(c3cc(Cl)cc(Cl)c3)C2=O)c1. The van der Waals surface area contributed by atoms with Gasteiger partial charge in [0.2, 0.25) is 0 Å². The van der Waals surface area contributed by atoms with Crippen molar-refractivity contribution in [2.45, 2.75) is 6.92 Å². The van der Waals surface area contributed by atoms with Gasteiger partial charge in [-0.2, -0.15) is 0 Å². The summed E-state index contributed by atoms with van der Waals surface area (Å²) < 4.78 is 0. The Morgan fingerprint density at radius 1 is 0.824 bits per heavy atom. The van der Waals surface area contributed by atoms with E-state index in [9.17, 15) is 14.4 Å². The lowest BCUT2D eigenvalue weighted by Gasteiger charge is -2.16. The van der Waals surface area contributed by atoms with Crippen LogP contribution in [0.3, 0.4) is 0 Å². The van der Waals surface area contributed by atoms with Crippen LogP contribution in [0.25, 0.3) is 0 Å². The molecule has 0 fully saturated rings. The second kappa shape index (κ2) is 9.68. The van der Waals surface area contributed by atoms with Crippen molar-refractivity contribution < 1.29 is 14.4 Å². The summed E-state index contributed by atoms with van der Waals surface area (Å²) in [6.07, 6.45) is 0. The number of benzene rings is 3. The van der Waals surface area contributed by atoms with Gasteiger partial charge in [-0.05, 0) is 67.1 Å². The zero-order valence-electron chi connectivity index (χ0n) is 17.5. The number of nitrogens with zero attached hydrogens (tertiary/aromatic N) is 1. The number of carbonyl (C=O) groups is 3. The van der Waals surface area contributed by atoms with Crippen LogP contribution in [-0.4, -0.2) is 17.7 Å². The van der Waals surface area contributed by atoms with E-state index in [0.717, 1.165) is 10.5 Å². The molecule has 0 bridgehead atoms. The van der Waals surface area contributed by atoms with Gasteiger partial charge in [-0.1, -0.05) is 52.5 Å². The molecule has 0 aliphatic carbocycles. The maximum Gasteiger partial charge on any atom is 0.283 e. The Morgan fingerprint density at radius 3 is 2.21 bits per heavy atom. The van der Waals surface area contributed by atoms with Crippen molar-refractivity contribution in [1.29, 1.82) is 0 Å². The lowest BCUT2D eigenvalue weighted by molar-refractivity contribution is -0.120. The van der Waals surface area contributed by atoms with E-state index in [2.05, 4.69) is 10.6 Å². The summed E-state index contributed by atoms with van der Waals surface area (Å²) in [5.74, 6) is -1.77. The van der Waals surface area contributed by atoms with Crippen LogP contribution in [-0.2, 0) is 9.59 Å². The number of imide groups is 1. The highest BCUT2D eigenvalue weighted by atomic mass is 35.5. The van der Waals surface area contributed by atoms with Crippen molar-refractivity contribution in [2.24, 2.45) is 0 Å². The summed E-state index contributed by atoms with van der Waals surface area (Å²) in [4.78, 5) is 39.3. The molecule has 0 aromatic heterocycles. The Kier molecular flexibility index (Phi) is 6.86. The monoisotopic (exact) mass is 533 g/mol. The molecule has 10 heteroatoms. The molecule has 4 rings (SSSR count). The minimum Gasteiger partial charge on any atom is -0.350 e. The summed E-state index contributed by atoms with van der Waals surface area (Å²) in [7, 11) is 0. The molecule has 0 unspecified atom stereocenters. The summed E-state index contributed by atoms with van der Waals surface area (Å²) in [6.45, 7) is 1.83. The van der Waals surface area contributed by atoms with E-state index in [4.69, 9.17) is 46.4 Å². The number of carbonyl (C=O) groups excluding carboxylic acids is 3. The first-order valence-electron chi connectivity index (χ1n) is 9.83. The van der Waals surface area contributed by atoms with E-state index in [1.54, 1.807) is 36.4 Å². The van der Waals surface area contributed by atoms with E-state index >= 15 is 0 Å². The minimum absolute atomic E-state index is 0.131. The number of halogens is 4. The van der Waals surface area contributed by atoms with Gasteiger partial charge in [0.05, 0.1) is 5.69 Å². The van der Waals surface area contributed by atoms with Gasteiger partial charge in [-0.3, -0.25) is 14.4 Å². The summed E-state index contributed by atoms with van der Waals surface area (Å²) in [6, 6.07) is 15.9. The smallest absolute Gasteiger partial charge is 0.283 e. The fraction of sp³-hybridized carbons (Fsp3) is 0.0417. The van der Waals surface area contributed by atoms with Crippen LogP contribution in [0, 0.1) is 6.92 Å². The number of hydrogen-bond acceptors (Lipinski definition) is 4. The minimum atomic E-state index is -0.723. The molecule has 0 atom stereocenters. The zero-order chi connectivity index (χ0) is 24.6. The van der Waals surface area contributed by atoms with Gasteiger partial charge >= 0.3 is 0 Å². The summed E-state index contributed by atoms with van der Waals surface area (Å²) >= 11 is 24.2. The van der Waals surface area contributed by atoms with E-state index in [0.29, 0.717) is 22.0 Å². The van der Waals surface area contributed by atoms with Crippen molar-refractivity contribution in [3.8, 4) is 0 Å². The molecule has 1 heterocycles. The van der Waals surface area contributed by atoms with Gasteiger partial charge in [0.15, 0.2) is 0 Å². The van der Waals surface area contributed by atoms with Crippen molar-refractivity contribution in [3.63, 3.8) is 0 Å². The average Bonchev–Trinajstić information content (AvgIpc) is 2.98. The van der Waals surface area contributed by atoms with Gasteiger partial charge in [-0.25, -0.2) is 4.90 Å². The second-order valence-corrected chi connectivity index (χ2v) is 9.07. The van der Waals surface area contributed by atoms with Gasteiger partial charge in [0.1, 0.15) is 10.7 Å². The number of aryl methyl sites for hydroxylation is 1. The normalized spacial score (nSPS) is 13.5. The molecule has 2 N–H and O–H groups in total. The third kappa shape index (κ3) is 4.91. The second-order valence-electron chi connectivity index (χ2n) is 7.38. The predicted molar refractivity (Wildman–Crippen MR) is 136 cm³/mol. The molecule has 0 spiro atoms. The maximum absolute atomic E-state index is 13.0. The maximum atomic E-state index is 13.0. The molecule has 0 saturated heterocycles. The summed E-state index contributed by atoms with van der Waals surface area (Å²) in [5, 5.41) is 6.46. The van der Waals surface area contributed by atoms with Crippen LogP contribution >= 0.6 is 46.4 Å². The van der Waals surface area contributed by atoms with E-state index in [1.807, 2.05) is 6.92 Å². The van der Waals surface area contributed by atoms with Crippen molar-refractivity contribution >= 4 is 81.2 Å². The van der Waals surface area contributed by atoms with Crippen LogP contribution < -0.4 is 15.5 Å². The quantitative estimate of drug-likeness (QED) is 0.359. The molecule has 0 radical (unpaired) electrons. The number of amides is 3. The van der Waals surface area contributed by atoms with Crippen molar-refractivity contribution in [3.05, 3.63) is 97.6 Å². The highest BCUT2D eigenvalue weighted by Crippen LogP contribution is 2.33. The Labute approximate surface area is 215 Å². The largest absolute Gasteiger partial charge is 0.350 e. The third-order valence-corrected chi connectivity index (χ3v) is 5.99. The van der Waals surface area contributed by atoms with Crippen molar-refractivity contribution in [2.75, 3.05) is 15.5 Å². The van der Waals surface area contributed by atoms with E-state index < -0.39 is 11.8 Å². The standard InChI is InChI=1S/C24H15Cl4N3O3/c1-12-7-14(25)5-6-19(12)30-22(32)13-3-2-4-17(8-13)29-21-20(28)23(33)31(24(21)34)18-10-15(26)9-16(27)11-18/h2-11,29H,1H3,(H,30,32).